The topological polar surface area (TPSA) is 41.6 Å². The van der Waals surface area contributed by atoms with E-state index in [1.807, 2.05) is 19.1 Å². The predicted molar refractivity (Wildman–Crippen MR) is 83.9 cm³/mol. The van der Waals surface area contributed by atoms with Gasteiger partial charge in [-0.3, -0.25) is 9.69 Å². The van der Waals surface area contributed by atoms with Crippen molar-refractivity contribution in [2.75, 3.05) is 26.8 Å². The minimum atomic E-state index is -0.157. The Balaban J connectivity index is 1.78. The number of benzene rings is 1. The van der Waals surface area contributed by atoms with Crippen molar-refractivity contribution in [1.82, 2.24) is 10.2 Å². The van der Waals surface area contributed by atoms with Crippen LogP contribution in [-0.2, 0) is 16.1 Å². The summed E-state index contributed by atoms with van der Waals surface area (Å²) in [5, 5.41) is 2.98. The van der Waals surface area contributed by atoms with Gasteiger partial charge in [0.25, 0.3) is 0 Å². The Bertz CT molecular complexity index is 487. The number of ether oxygens (including phenoxy) is 1. The van der Waals surface area contributed by atoms with Crippen LogP contribution in [0.25, 0.3) is 0 Å². The van der Waals surface area contributed by atoms with Crippen LogP contribution in [0.15, 0.2) is 24.3 Å². The molecule has 1 aliphatic heterocycles. The zero-order chi connectivity index (χ0) is 15.9. The molecule has 1 aliphatic rings. The summed E-state index contributed by atoms with van der Waals surface area (Å²) in [5.41, 5.74) is 0.721. The summed E-state index contributed by atoms with van der Waals surface area (Å²) in [6.07, 6.45) is 1.64. The van der Waals surface area contributed by atoms with E-state index in [9.17, 15) is 9.18 Å². The number of nitrogens with one attached hydrogen (secondary N) is 1. The number of rotatable bonds is 6. The molecule has 0 aliphatic carbocycles. The molecular weight excluding hydrogens is 283 g/mol. The summed E-state index contributed by atoms with van der Waals surface area (Å²) in [7, 11) is 1.63. The number of likely N-dealkylation sites (tertiary alicyclic amines) is 1. The molecule has 1 amide bonds. The lowest BCUT2D eigenvalue weighted by molar-refractivity contribution is -0.127. The molecule has 1 fully saturated rings. The minimum absolute atomic E-state index is 0.0361. The second-order valence-electron chi connectivity index (χ2n) is 6.01. The van der Waals surface area contributed by atoms with Crippen LogP contribution >= 0.6 is 0 Å². The van der Waals surface area contributed by atoms with Crippen molar-refractivity contribution in [3.05, 3.63) is 35.6 Å². The highest BCUT2D eigenvalue weighted by molar-refractivity contribution is 5.79. The molecule has 0 saturated carbocycles. The fraction of sp³-hybridized carbons (Fsp3) is 0.588. The molecule has 1 N–H and O–H groups in total. The average molecular weight is 308 g/mol. The van der Waals surface area contributed by atoms with Crippen LogP contribution in [0.2, 0.25) is 0 Å². The largest absolute Gasteiger partial charge is 0.383 e. The quantitative estimate of drug-likeness (QED) is 0.876. The first-order chi connectivity index (χ1) is 10.6. The van der Waals surface area contributed by atoms with E-state index < -0.39 is 0 Å². The number of halogens is 1. The Morgan fingerprint density at radius 1 is 1.41 bits per heavy atom. The number of methoxy groups -OCH3 is 1. The maximum absolute atomic E-state index is 13.7. The van der Waals surface area contributed by atoms with E-state index in [-0.39, 0.29) is 23.7 Å². The first kappa shape index (κ1) is 16.9. The monoisotopic (exact) mass is 308 g/mol. The van der Waals surface area contributed by atoms with Crippen molar-refractivity contribution in [1.29, 1.82) is 0 Å². The summed E-state index contributed by atoms with van der Waals surface area (Å²) in [5.74, 6) is 0.00188. The van der Waals surface area contributed by atoms with E-state index in [0.717, 1.165) is 31.5 Å². The van der Waals surface area contributed by atoms with Gasteiger partial charge in [0.1, 0.15) is 5.82 Å². The zero-order valence-electron chi connectivity index (χ0n) is 13.3. The van der Waals surface area contributed by atoms with Gasteiger partial charge in [-0.1, -0.05) is 18.2 Å². The molecule has 1 aromatic rings. The maximum atomic E-state index is 13.7. The van der Waals surface area contributed by atoms with E-state index in [0.29, 0.717) is 13.2 Å². The van der Waals surface area contributed by atoms with Crippen LogP contribution in [0, 0.1) is 11.7 Å². The molecule has 0 spiro atoms. The number of hydrogen-bond acceptors (Lipinski definition) is 3. The smallest absolute Gasteiger partial charge is 0.223 e. The third-order valence-corrected chi connectivity index (χ3v) is 4.12. The molecule has 0 aromatic heterocycles. The number of carbonyl (C=O) groups is 1. The van der Waals surface area contributed by atoms with Crippen molar-refractivity contribution in [2.24, 2.45) is 5.92 Å². The lowest BCUT2D eigenvalue weighted by Gasteiger charge is -2.31. The molecule has 22 heavy (non-hydrogen) atoms. The third-order valence-electron chi connectivity index (χ3n) is 4.12. The summed E-state index contributed by atoms with van der Waals surface area (Å²) >= 11 is 0. The Morgan fingerprint density at radius 2 is 2.09 bits per heavy atom. The van der Waals surface area contributed by atoms with E-state index >= 15 is 0 Å². The lowest BCUT2D eigenvalue weighted by atomic mass is 9.95. The molecule has 1 aromatic carbocycles. The standard InChI is InChI=1S/C17H25FN2O2/c1-13(12-22-2)19-17(21)14-7-9-20(10-8-14)11-15-5-3-4-6-16(15)18/h3-6,13-14H,7-12H2,1-2H3,(H,19,21)/t13-/m0/s1. The van der Waals surface area contributed by atoms with E-state index in [1.165, 1.54) is 6.07 Å². The molecule has 2 rings (SSSR count). The van der Waals surface area contributed by atoms with Crippen LogP contribution in [0.3, 0.4) is 0 Å². The molecule has 4 nitrogen and oxygen atoms in total. The van der Waals surface area contributed by atoms with Gasteiger partial charge in [0.2, 0.25) is 5.91 Å². The molecule has 1 saturated heterocycles. The fourth-order valence-corrected chi connectivity index (χ4v) is 2.87. The highest BCUT2D eigenvalue weighted by atomic mass is 19.1. The molecular formula is C17H25FN2O2. The Morgan fingerprint density at radius 3 is 2.73 bits per heavy atom. The minimum Gasteiger partial charge on any atom is -0.383 e. The average Bonchev–Trinajstić information content (AvgIpc) is 2.50. The second-order valence-corrected chi connectivity index (χ2v) is 6.01. The van der Waals surface area contributed by atoms with Crippen LogP contribution < -0.4 is 5.32 Å². The summed E-state index contributed by atoms with van der Waals surface area (Å²) in [6, 6.07) is 6.91. The number of nitrogens with zero attached hydrogens (tertiary/aromatic N) is 1. The van der Waals surface area contributed by atoms with Gasteiger partial charge < -0.3 is 10.1 Å². The Hall–Kier alpha value is -1.46. The van der Waals surface area contributed by atoms with Crippen LogP contribution in [0.5, 0.6) is 0 Å². The van der Waals surface area contributed by atoms with E-state index in [4.69, 9.17) is 4.74 Å². The predicted octanol–water partition coefficient (Wildman–Crippen LogP) is 2.19. The second kappa shape index (κ2) is 8.25. The van der Waals surface area contributed by atoms with Gasteiger partial charge in [0, 0.05) is 31.2 Å². The fourth-order valence-electron chi connectivity index (χ4n) is 2.87. The highest BCUT2D eigenvalue weighted by Gasteiger charge is 2.26. The highest BCUT2D eigenvalue weighted by Crippen LogP contribution is 2.20. The normalized spacial score (nSPS) is 18.1. The summed E-state index contributed by atoms with van der Waals surface area (Å²) < 4.78 is 18.7. The van der Waals surface area contributed by atoms with Gasteiger partial charge in [0.15, 0.2) is 0 Å². The van der Waals surface area contributed by atoms with Gasteiger partial charge in [-0.15, -0.1) is 0 Å². The molecule has 122 valence electrons. The third kappa shape index (κ3) is 4.78. The van der Waals surface area contributed by atoms with Crippen LogP contribution in [-0.4, -0.2) is 43.7 Å². The summed E-state index contributed by atoms with van der Waals surface area (Å²) in [6.45, 7) is 4.73. The van der Waals surface area contributed by atoms with Crippen molar-refractivity contribution in [2.45, 2.75) is 32.4 Å². The number of hydrogen-bond donors (Lipinski definition) is 1. The van der Waals surface area contributed by atoms with E-state index in [1.54, 1.807) is 13.2 Å². The van der Waals surface area contributed by atoms with Crippen LogP contribution in [0.4, 0.5) is 4.39 Å². The Labute approximate surface area is 131 Å². The zero-order valence-corrected chi connectivity index (χ0v) is 13.3. The van der Waals surface area contributed by atoms with Gasteiger partial charge in [-0.25, -0.2) is 4.39 Å². The molecule has 1 heterocycles. The van der Waals surface area contributed by atoms with Gasteiger partial charge in [-0.2, -0.15) is 0 Å². The first-order valence-corrected chi connectivity index (χ1v) is 7.85. The van der Waals surface area contributed by atoms with Gasteiger partial charge in [0.05, 0.1) is 6.61 Å². The number of piperidine rings is 1. The maximum Gasteiger partial charge on any atom is 0.223 e. The SMILES string of the molecule is COC[C@H](C)NC(=O)C1CCN(Cc2ccccc2F)CC1. The van der Waals surface area contributed by atoms with Gasteiger partial charge in [-0.05, 0) is 38.9 Å². The van der Waals surface area contributed by atoms with Crippen LogP contribution in [0.1, 0.15) is 25.3 Å². The lowest BCUT2D eigenvalue weighted by Crippen LogP contribution is -2.44. The molecule has 1 atom stereocenters. The van der Waals surface area contributed by atoms with Crippen molar-refractivity contribution >= 4 is 5.91 Å². The Kier molecular flexibility index (Phi) is 6.34. The molecule has 0 unspecified atom stereocenters. The molecule has 0 radical (unpaired) electrons. The number of carbonyl (C=O) groups excluding carboxylic acids is 1. The van der Waals surface area contributed by atoms with Gasteiger partial charge >= 0.3 is 0 Å². The first-order valence-electron chi connectivity index (χ1n) is 7.85. The van der Waals surface area contributed by atoms with E-state index in [2.05, 4.69) is 10.2 Å². The molecule has 0 bridgehead atoms. The van der Waals surface area contributed by atoms with Crippen molar-refractivity contribution < 1.29 is 13.9 Å². The van der Waals surface area contributed by atoms with Crippen molar-refractivity contribution in [3.8, 4) is 0 Å². The van der Waals surface area contributed by atoms with Crippen molar-refractivity contribution in [3.63, 3.8) is 0 Å². The molecule has 5 heteroatoms. The summed E-state index contributed by atoms with van der Waals surface area (Å²) in [4.78, 5) is 14.4. The number of amides is 1.